The Kier molecular flexibility index (Phi) is 2.93. The Labute approximate surface area is 103 Å². The molecule has 0 radical (unpaired) electrons. The third-order valence-corrected chi connectivity index (χ3v) is 4.18. The monoisotopic (exact) mass is 231 g/mol. The molecule has 1 heterocycles. The van der Waals surface area contributed by atoms with Crippen LogP contribution < -0.4 is 5.73 Å². The van der Waals surface area contributed by atoms with Gasteiger partial charge < -0.3 is 10.5 Å². The molecule has 2 nitrogen and oxygen atoms in total. The zero-order valence-electron chi connectivity index (χ0n) is 10.3. The zero-order valence-corrected chi connectivity index (χ0v) is 10.3. The SMILES string of the molecule is NC1(CCc2ccc(C3CCOC3)cc2)CC1. The van der Waals surface area contributed by atoms with E-state index >= 15 is 0 Å². The largest absolute Gasteiger partial charge is 0.381 e. The molecule has 2 heteroatoms. The minimum absolute atomic E-state index is 0.179. The summed E-state index contributed by atoms with van der Waals surface area (Å²) in [4.78, 5) is 0. The number of benzene rings is 1. The minimum atomic E-state index is 0.179. The van der Waals surface area contributed by atoms with Gasteiger partial charge in [0.05, 0.1) is 6.61 Å². The third kappa shape index (κ3) is 2.70. The summed E-state index contributed by atoms with van der Waals surface area (Å²) < 4.78 is 5.43. The van der Waals surface area contributed by atoms with E-state index < -0.39 is 0 Å². The van der Waals surface area contributed by atoms with E-state index in [1.165, 1.54) is 30.4 Å². The summed E-state index contributed by atoms with van der Waals surface area (Å²) in [7, 11) is 0. The Balaban J connectivity index is 1.59. The molecule has 2 aliphatic rings. The Morgan fingerprint density at radius 1 is 1.24 bits per heavy atom. The molecule has 2 fully saturated rings. The lowest BCUT2D eigenvalue weighted by atomic mass is 9.96. The van der Waals surface area contributed by atoms with Gasteiger partial charge in [-0.15, -0.1) is 0 Å². The second kappa shape index (κ2) is 4.43. The Morgan fingerprint density at radius 3 is 2.59 bits per heavy atom. The van der Waals surface area contributed by atoms with E-state index in [0.717, 1.165) is 26.1 Å². The molecule has 0 spiro atoms. The van der Waals surface area contributed by atoms with Crippen molar-refractivity contribution in [3.8, 4) is 0 Å². The van der Waals surface area contributed by atoms with Crippen molar-refractivity contribution in [1.82, 2.24) is 0 Å². The molecule has 1 aliphatic heterocycles. The van der Waals surface area contributed by atoms with Gasteiger partial charge in [0.2, 0.25) is 0 Å². The van der Waals surface area contributed by atoms with Crippen molar-refractivity contribution in [3.63, 3.8) is 0 Å². The van der Waals surface area contributed by atoms with Crippen molar-refractivity contribution in [2.24, 2.45) is 5.73 Å². The van der Waals surface area contributed by atoms with Gasteiger partial charge in [0.1, 0.15) is 0 Å². The number of hydrogen-bond acceptors (Lipinski definition) is 2. The highest BCUT2D eigenvalue weighted by molar-refractivity contribution is 5.26. The van der Waals surface area contributed by atoms with Crippen molar-refractivity contribution in [2.45, 2.75) is 43.6 Å². The molecule has 1 unspecified atom stereocenters. The van der Waals surface area contributed by atoms with Crippen LogP contribution in [0.15, 0.2) is 24.3 Å². The molecule has 1 aromatic rings. The topological polar surface area (TPSA) is 35.2 Å². The molecular formula is C15H21NO. The third-order valence-electron chi connectivity index (χ3n) is 4.18. The van der Waals surface area contributed by atoms with Gasteiger partial charge in [0, 0.05) is 18.1 Å². The van der Waals surface area contributed by atoms with Crippen LogP contribution in [0.5, 0.6) is 0 Å². The molecule has 1 saturated heterocycles. The minimum Gasteiger partial charge on any atom is -0.381 e. The number of aryl methyl sites for hydroxylation is 1. The molecule has 1 saturated carbocycles. The lowest BCUT2D eigenvalue weighted by Crippen LogP contribution is -2.22. The molecule has 0 amide bonds. The van der Waals surface area contributed by atoms with Gasteiger partial charge in [-0.2, -0.15) is 0 Å². The predicted molar refractivity (Wildman–Crippen MR) is 69.1 cm³/mol. The zero-order chi connectivity index (χ0) is 11.7. The fourth-order valence-electron chi connectivity index (χ4n) is 2.56. The quantitative estimate of drug-likeness (QED) is 0.864. The van der Waals surface area contributed by atoms with Gasteiger partial charge in [0.25, 0.3) is 0 Å². The fourth-order valence-corrected chi connectivity index (χ4v) is 2.56. The number of hydrogen-bond donors (Lipinski definition) is 1. The van der Waals surface area contributed by atoms with E-state index in [9.17, 15) is 0 Å². The van der Waals surface area contributed by atoms with Crippen LogP contribution in [0.1, 0.15) is 42.7 Å². The van der Waals surface area contributed by atoms with Gasteiger partial charge in [-0.05, 0) is 43.2 Å². The van der Waals surface area contributed by atoms with Gasteiger partial charge in [-0.1, -0.05) is 24.3 Å². The standard InChI is InChI=1S/C15H21NO/c16-15(8-9-15)7-5-12-1-3-13(4-2-12)14-6-10-17-11-14/h1-4,14H,5-11,16H2. The van der Waals surface area contributed by atoms with Crippen LogP contribution in [0, 0.1) is 0 Å². The predicted octanol–water partition coefficient (Wildman–Crippen LogP) is 2.61. The number of rotatable bonds is 4. The average molecular weight is 231 g/mol. The van der Waals surface area contributed by atoms with Crippen molar-refractivity contribution in [2.75, 3.05) is 13.2 Å². The normalized spacial score (nSPS) is 26.1. The molecule has 17 heavy (non-hydrogen) atoms. The number of nitrogens with two attached hydrogens (primary N) is 1. The molecule has 1 aliphatic carbocycles. The van der Waals surface area contributed by atoms with Crippen LogP contribution in [-0.4, -0.2) is 18.8 Å². The second-order valence-corrected chi connectivity index (χ2v) is 5.66. The van der Waals surface area contributed by atoms with Crippen LogP contribution in [-0.2, 0) is 11.2 Å². The summed E-state index contributed by atoms with van der Waals surface area (Å²) in [6.45, 7) is 1.81. The van der Waals surface area contributed by atoms with Crippen molar-refractivity contribution >= 4 is 0 Å². The maximum atomic E-state index is 6.11. The average Bonchev–Trinajstić information content (AvgIpc) is 2.89. The van der Waals surface area contributed by atoms with Crippen molar-refractivity contribution in [3.05, 3.63) is 35.4 Å². The molecule has 3 rings (SSSR count). The highest BCUT2D eigenvalue weighted by Crippen LogP contribution is 2.36. The van der Waals surface area contributed by atoms with E-state index in [1.54, 1.807) is 0 Å². The van der Waals surface area contributed by atoms with E-state index in [2.05, 4.69) is 24.3 Å². The summed E-state index contributed by atoms with van der Waals surface area (Å²) in [5.41, 5.74) is 9.14. The van der Waals surface area contributed by atoms with E-state index in [0.29, 0.717) is 5.92 Å². The lowest BCUT2D eigenvalue weighted by Gasteiger charge is -2.11. The molecule has 2 N–H and O–H groups in total. The van der Waals surface area contributed by atoms with Crippen LogP contribution >= 0.6 is 0 Å². The first kappa shape index (κ1) is 11.2. The molecule has 0 bridgehead atoms. The van der Waals surface area contributed by atoms with Crippen molar-refractivity contribution < 1.29 is 4.74 Å². The summed E-state index contributed by atoms with van der Waals surface area (Å²) >= 11 is 0. The van der Waals surface area contributed by atoms with Crippen LogP contribution in [0.3, 0.4) is 0 Å². The van der Waals surface area contributed by atoms with Gasteiger partial charge in [-0.3, -0.25) is 0 Å². The second-order valence-electron chi connectivity index (χ2n) is 5.66. The first-order valence-electron chi connectivity index (χ1n) is 6.71. The smallest absolute Gasteiger partial charge is 0.0535 e. The fraction of sp³-hybridized carbons (Fsp3) is 0.600. The summed E-state index contributed by atoms with van der Waals surface area (Å²) in [6, 6.07) is 9.06. The summed E-state index contributed by atoms with van der Waals surface area (Å²) in [5, 5.41) is 0. The van der Waals surface area contributed by atoms with Crippen LogP contribution in [0.2, 0.25) is 0 Å². The molecular weight excluding hydrogens is 210 g/mol. The first-order valence-corrected chi connectivity index (χ1v) is 6.71. The highest BCUT2D eigenvalue weighted by atomic mass is 16.5. The summed E-state index contributed by atoms with van der Waals surface area (Å²) in [6.07, 6.45) is 5.86. The van der Waals surface area contributed by atoms with Crippen LogP contribution in [0.4, 0.5) is 0 Å². The van der Waals surface area contributed by atoms with E-state index in [1.807, 2.05) is 0 Å². The van der Waals surface area contributed by atoms with Gasteiger partial charge >= 0.3 is 0 Å². The Morgan fingerprint density at radius 2 is 2.00 bits per heavy atom. The van der Waals surface area contributed by atoms with Gasteiger partial charge in [0.15, 0.2) is 0 Å². The maximum Gasteiger partial charge on any atom is 0.0535 e. The molecule has 0 aromatic heterocycles. The highest BCUT2D eigenvalue weighted by Gasteiger charge is 2.37. The number of ether oxygens (including phenoxy) is 1. The summed E-state index contributed by atoms with van der Waals surface area (Å²) in [5.74, 6) is 0.619. The van der Waals surface area contributed by atoms with Gasteiger partial charge in [-0.25, -0.2) is 0 Å². The molecule has 92 valence electrons. The van der Waals surface area contributed by atoms with Crippen molar-refractivity contribution in [1.29, 1.82) is 0 Å². The Hall–Kier alpha value is -0.860. The van der Waals surface area contributed by atoms with E-state index in [-0.39, 0.29) is 5.54 Å². The molecule has 1 atom stereocenters. The first-order chi connectivity index (χ1) is 8.25. The Bertz CT molecular complexity index is 374. The van der Waals surface area contributed by atoms with E-state index in [4.69, 9.17) is 10.5 Å². The van der Waals surface area contributed by atoms with Crippen LogP contribution in [0.25, 0.3) is 0 Å². The maximum absolute atomic E-state index is 6.11. The lowest BCUT2D eigenvalue weighted by molar-refractivity contribution is 0.194. The molecule has 1 aromatic carbocycles.